The van der Waals surface area contributed by atoms with Crippen molar-refractivity contribution in [2.45, 2.75) is 25.1 Å². The van der Waals surface area contributed by atoms with Crippen LogP contribution in [0.5, 0.6) is 0 Å². The number of hydrogen-bond donors (Lipinski definition) is 0. The molecule has 1 aliphatic rings. The van der Waals surface area contributed by atoms with Crippen molar-refractivity contribution in [3.63, 3.8) is 0 Å². The molecule has 1 fully saturated rings. The predicted molar refractivity (Wildman–Crippen MR) is 65.5 cm³/mol. The van der Waals surface area contributed by atoms with Crippen LogP contribution < -0.4 is 0 Å². The summed E-state index contributed by atoms with van der Waals surface area (Å²) in [5.74, 6) is -0.377. The third kappa shape index (κ3) is 1.77. The van der Waals surface area contributed by atoms with Crippen molar-refractivity contribution in [1.82, 2.24) is 9.29 Å². The van der Waals surface area contributed by atoms with E-state index in [1.165, 1.54) is 13.8 Å². The number of carbonyl (C=O) groups excluding carboxylic acids is 1. The summed E-state index contributed by atoms with van der Waals surface area (Å²) in [6, 6.07) is 1.74. The van der Waals surface area contributed by atoms with E-state index in [4.69, 9.17) is 0 Å². The Labute approximate surface area is 108 Å². The minimum absolute atomic E-state index is 0.0387. The summed E-state index contributed by atoms with van der Waals surface area (Å²) >= 11 is 3.24. The number of halogens is 1. The molecule has 0 aromatic carbocycles. The summed E-state index contributed by atoms with van der Waals surface area (Å²) in [5, 5.41) is 0. The van der Waals surface area contributed by atoms with Gasteiger partial charge in [0.2, 0.25) is 0 Å². The Morgan fingerprint density at radius 1 is 1.41 bits per heavy atom. The minimum atomic E-state index is -3.52. The Kier molecular flexibility index (Phi) is 2.78. The van der Waals surface area contributed by atoms with Crippen LogP contribution in [0, 0.1) is 0 Å². The highest BCUT2D eigenvalue weighted by Crippen LogP contribution is 2.36. The quantitative estimate of drug-likeness (QED) is 0.824. The zero-order chi connectivity index (χ0) is 12.8. The van der Waals surface area contributed by atoms with E-state index in [2.05, 4.69) is 20.9 Å². The van der Waals surface area contributed by atoms with Gasteiger partial charge in [-0.15, -0.1) is 0 Å². The second kappa shape index (κ2) is 3.78. The van der Waals surface area contributed by atoms with Crippen LogP contribution in [0.1, 0.15) is 19.4 Å². The van der Waals surface area contributed by atoms with E-state index in [0.29, 0.717) is 5.56 Å². The molecular weight excluding hydrogens is 308 g/mol. The van der Waals surface area contributed by atoms with Crippen molar-refractivity contribution >= 4 is 31.9 Å². The lowest BCUT2D eigenvalue weighted by molar-refractivity contribution is -0.132. The number of hydrogen-bond acceptors (Lipinski definition) is 4. The van der Waals surface area contributed by atoms with E-state index < -0.39 is 14.8 Å². The molecule has 7 heteroatoms. The molecule has 0 aliphatic carbocycles. The molecule has 1 amide bonds. The lowest BCUT2D eigenvalue weighted by atomic mass is 10.1. The first kappa shape index (κ1) is 12.5. The fraction of sp³-hybridized carbons (Fsp3) is 0.400. The molecule has 1 aliphatic heterocycles. The largest absolute Gasteiger partial charge is 0.272 e. The predicted octanol–water partition coefficient (Wildman–Crippen LogP) is 1.29. The van der Waals surface area contributed by atoms with E-state index in [0.717, 1.165) is 8.78 Å². The maximum atomic E-state index is 11.8. The first-order chi connectivity index (χ1) is 7.76. The zero-order valence-corrected chi connectivity index (χ0v) is 11.7. The van der Waals surface area contributed by atoms with Crippen LogP contribution in [0.3, 0.4) is 0 Å². The van der Waals surface area contributed by atoms with Gasteiger partial charge in [0.15, 0.2) is 4.75 Å². The van der Waals surface area contributed by atoms with Crippen molar-refractivity contribution in [2.24, 2.45) is 0 Å². The number of pyridine rings is 1. The van der Waals surface area contributed by atoms with Crippen LogP contribution in [-0.2, 0) is 21.4 Å². The molecule has 0 unspecified atom stereocenters. The molecule has 0 radical (unpaired) electrons. The van der Waals surface area contributed by atoms with Crippen molar-refractivity contribution in [3.8, 4) is 0 Å². The monoisotopic (exact) mass is 318 g/mol. The number of amides is 1. The fourth-order valence-corrected chi connectivity index (χ4v) is 3.55. The number of rotatable bonds is 2. The number of aromatic nitrogens is 1. The third-order valence-corrected chi connectivity index (χ3v) is 5.54. The standard InChI is InChI=1S/C10H11BrN2O3S/c1-10(2)9(14)13(17(10,15)16)6-7-3-8(11)5-12-4-7/h3-5H,6H2,1-2H3. The van der Waals surface area contributed by atoms with Crippen molar-refractivity contribution in [1.29, 1.82) is 0 Å². The molecule has 0 N–H and O–H groups in total. The van der Waals surface area contributed by atoms with E-state index >= 15 is 0 Å². The minimum Gasteiger partial charge on any atom is -0.272 e. The van der Waals surface area contributed by atoms with Gasteiger partial charge >= 0.3 is 0 Å². The Morgan fingerprint density at radius 3 is 2.59 bits per heavy atom. The SMILES string of the molecule is CC1(C)C(=O)N(Cc2cncc(Br)c2)S1(=O)=O. The molecule has 5 nitrogen and oxygen atoms in total. The number of carbonyl (C=O) groups is 1. The highest BCUT2D eigenvalue weighted by atomic mass is 79.9. The summed E-state index contributed by atoms with van der Waals surface area (Å²) in [4.78, 5) is 15.6. The number of sulfonamides is 1. The summed E-state index contributed by atoms with van der Waals surface area (Å²) in [6.07, 6.45) is 3.14. The maximum absolute atomic E-state index is 11.8. The maximum Gasteiger partial charge on any atom is 0.259 e. The molecule has 1 aromatic rings. The molecule has 17 heavy (non-hydrogen) atoms. The Morgan fingerprint density at radius 2 is 2.06 bits per heavy atom. The van der Waals surface area contributed by atoms with Crippen molar-refractivity contribution in [3.05, 3.63) is 28.5 Å². The second-order valence-corrected chi connectivity index (χ2v) is 7.67. The summed E-state index contributed by atoms with van der Waals surface area (Å²) in [7, 11) is -3.52. The molecular formula is C10H11BrN2O3S. The topological polar surface area (TPSA) is 67.3 Å². The second-order valence-electron chi connectivity index (χ2n) is 4.34. The van der Waals surface area contributed by atoms with Crippen molar-refractivity contribution < 1.29 is 13.2 Å². The lowest BCUT2D eigenvalue weighted by Gasteiger charge is -2.42. The molecule has 1 aromatic heterocycles. The average Bonchev–Trinajstić information content (AvgIpc) is 2.24. The molecule has 1 saturated heterocycles. The highest BCUT2D eigenvalue weighted by molar-refractivity contribution is 9.10. The lowest BCUT2D eigenvalue weighted by Crippen LogP contribution is -2.66. The fourth-order valence-electron chi connectivity index (χ4n) is 1.62. The smallest absolute Gasteiger partial charge is 0.259 e. The summed E-state index contributed by atoms with van der Waals surface area (Å²) in [6.45, 7) is 2.87. The van der Waals surface area contributed by atoms with Gasteiger partial charge < -0.3 is 0 Å². The average molecular weight is 319 g/mol. The van der Waals surface area contributed by atoms with E-state index in [1.807, 2.05) is 0 Å². The molecule has 0 spiro atoms. The van der Waals surface area contributed by atoms with Crippen LogP contribution in [0.15, 0.2) is 22.9 Å². The Hall–Kier alpha value is -0.950. The normalized spacial score (nSPS) is 21.1. The Balaban J connectivity index is 2.26. The van der Waals surface area contributed by atoms with Gasteiger partial charge in [0.25, 0.3) is 15.9 Å². The molecule has 0 saturated carbocycles. The van der Waals surface area contributed by atoms with Crippen LogP contribution in [0.4, 0.5) is 0 Å². The van der Waals surface area contributed by atoms with E-state index in [1.54, 1.807) is 18.5 Å². The molecule has 2 heterocycles. The zero-order valence-electron chi connectivity index (χ0n) is 9.34. The summed E-state index contributed by atoms with van der Waals surface area (Å²) < 4.78 is 24.0. The molecule has 0 atom stereocenters. The molecule has 0 bridgehead atoms. The summed E-state index contributed by atoms with van der Waals surface area (Å²) in [5.41, 5.74) is 0.673. The van der Waals surface area contributed by atoms with Crippen LogP contribution >= 0.6 is 15.9 Å². The molecule has 2 rings (SSSR count). The first-order valence-electron chi connectivity index (χ1n) is 4.93. The van der Waals surface area contributed by atoms with Gasteiger partial charge in [0.1, 0.15) is 0 Å². The Bertz CT molecular complexity index is 583. The van der Waals surface area contributed by atoms with Gasteiger partial charge in [-0.3, -0.25) is 9.78 Å². The van der Waals surface area contributed by atoms with Crippen LogP contribution in [-0.4, -0.2) is 28.4 Å². The van der Waals surface area contributed by atoms with Gasteiger partial charge in [-0.25, -0.2) is 12.7 Å². The van der Waals surface area contributed by atoms with Crippen LogP contribution in [0.25, 0.3) is 0 Å². The van der Waals surface area contributed by atoms with E-state index in [-0.39, 0.29) is 12.5 Å². The van der Waals surface area contributed by atoms with Crippen LogP contribution in [0.2, 0.25) is 0 Å². The third-order valence-electron chi connectivity index (χ3n) is 2.76. The van der Waals surface area contributed by atoms with Gasteiger partial charge in [-0.1, -0.05) is 0 Å². The van der Waals surface area contributed by atoms with Gasteiger partial charge in [-0.05, 0) is 41.4 Å². The van der Waals surface area contributed by atoms with Gasteiger partial charge in [0.05, 0.1) is 6.54 Å². The molecule has 92 valence electrons. The number of nitrogens with zero attached hydrogens (tertiary/aromatic N) is 2. The van der Waals surface area contributed by atoms with Gasteiger partial charge in [0, 0.05) is 16.9 Å². The van der Waals surface area contributed by atoms with Crippen molar-refractivity contribution in [2.75, 3.05) is 0 Å². The van der Waals surface area contributed by atoms with Gasteiger partial charge in [-0.2, -0.15) is 0 Å². The van der Waals surface area contributed by atoms with E-state index in [9.17, 15) is 13.2 Å². The highest BCUT2D eigenvalue weighted by Gasteiger charge is 2.59. The first-order valence-corrected chi connectivity index (χ1v) is 7.16.